The number of carboxylic acids is 1. The van der Waals surface area contributed by atoms with Crippen LogP contribution in [0.5, 0.6) is 11.5 Å². The Kier molecular flexibility index (Phi) is 7.22. The molecule has 1 N–H and O–H groups in total. The van der Waals surface area contributed by atoms with Gasteiger partial charge in [-0.05, 0) is 41.8 Å². The molecule has 0 saturated carbocycles. The van der Waals surface area contributed by atoms with Crippen LogP contribution in [-0.2, 0) is 17.6 Å². The van der Waals surface area contributed by atoms with Crippen LogP contribution in [0, 0.1) is 0 Å². The summed E-state index contributed by atoms with van der Waals surface area (Å²) in [7, 11) is 1.75. The molecule has 0 heterocycles. The fraction of sp³-hybridized carbons (Fsp3) is 0.154. The molecular formula is C26H25NO4. The molecule has 3 aromatic carbocycles. The smallest absolute Gasteiger partial charge is 0.339 e. The van der Waals surface area contributed by atoms with Crippen molar-refractivity contribution in [1.82, 2.24) is 4.90 Å². The second-order valence-electron chi connectivity index (χ2n) is 7.21. The van der Waals surface area contributed by atoms with E-state index in [0.717, 1.165) is 12.0 Å². The summed E-state index contributed by atoms with van der Waals surface area (Å²) in [6, 6.07) is 22.2. The molecule has 0 fully saturated rings. The molecule has 31 heavy (non-hydrogen) atoms. The molecule has 0 unspecified atom stereocenters. The molecule has 0 spiro atoms. The van der Waals surface area contributed by atoms with E-state index >= 15 is 0 Å². The van der Waals surface area contributed by atoms with Crippen LogP contribution >= 0.6 is 0 Å². The number of likely N-dealkylation sites (N-methyl/N-ethyl adjacent to an activating group) is 1. The molecule has 0 atom stereocenters. The van der Waals surface area contributed by atoms with Crippen molar-refractivity contribution < 1.29 is 19.4 Å². The molecule has 5 heteroatoms. The van der Waals surface area contributed by atoms with Gasteiger partial charge in [-0.15, -0.1) is 0 Å². The molecule has 0 bridgehead atoms. The Morgan fingerprint density at radius 1 is 1.00 bits per heavy atom. The first kappa shape index (κ1) is 21.8. The fourth-order valence-corrected chi connectivity index (χ4v) is 3.22. The Hall–Kier alpha value is -3.86. The average molecular weight is 415 g/mol. The number of amides is 1. The number of para-hydroxylation sites is 1. The summed E-state index contributed by atoms with van der Waals surface area (Å²) in [6.07, 6.45) is 2.39. The van der Waals surface area contributed by atoms with Gasteiger partial charge in [0.05, 0.1) is 6.42 Å². The average Bonchev–Trinajstić information content (AvgIpc) is 2.79. The monoisotopic (exact) mass is 415 g/mol. The lowest BCUT2D eigenvalue weighted by molar-refractivity contribution is -0.129. The van der Waals surface area contributed by atoms with E-state index in [9.17, 15) is 14.7 Å². The zero-order valence-electron chi connectivity index (χ0n) is 17.5. The molecule has 158 valence electrons. The van der Waals surface area contributed by atoms with E-state index in [2.05, 4.69) is 6.58 Å². The highest BCUT2D eigenvalue weighted by Gasteiger charge is 2.19. The second-order valence-corrected chi connectivity index (χ2v) is 7.21. The van der Waals surface area contributed by atoms with Crippen molar-refractivity contribution >= 4 is 18.0 Å². The Morgan fingerprint density at radius 2 is 1.65 bits per heavy atom. The molecule has 1 amide bonds. The summed E-state index contributed by atoms with van der Waals surface area (Å²) in [5, 5.41) is 9.73. The maximum absolute atomic E-state index is 12.7. The molecule has 3 rings (SSSR count). The van der Waals surface area contributed by atoms with Crippen LogP contribution in [0.2, 0.25) is 0 Å². The van der Waals surface area contributed by atoms with E-state index in [0.29, 0.717) is 23.4 Å². The van der Waals surface area contributed by atoms with Crippen molar-refractivity contribution in [1.29, 1.82) is 0 Å². The van der Waals surface area contributed by atoms with Gasteiger partial charge in [-0.25, -0.2) is 4.79 Å². The normalized spacial score (nSPS) is 10.4. The number of ether oxygens (including phenoxy) is 1. The van der Waals surface area contributed by atoms with Gasteiger partial charge >= 0.3 is 5.97 Å². The van der Waals surface area contributed by atoms with Gasteiger partial charge in [-0.3, -0.25) is 4.79 Å². The lowest BCUT2D eigenvalue weighted by atomic mass is 10.0. The number of nitrogens with zero attached hydrogens (tertiary/aromatic N) is 1. The zero-order valence-corrected chi connectivity index (χ0v) is 17.5. The molecule has 0 aliphatic rings. The third-order valence-corrected chi connectivity index (χ3v) is 4.95. The van der Waals surface area contributed by atoms with Crippen molar-refractivity contribution in [2.45, 2.75) is 12.8 Å². The summed E-state index contributed by atoms with van der Waals surface area (Å²) >= 11 is 0. The van der Waals surface area contributed by atoms with E-state index in [1.807, 2.05) is 48.5 Å². The first-order valence-electron chi connectivity index (χ1n) is 10.0. The molecule has 0 aliphatic carbocycles. The number of benzene rings is 3. The number of carboxylic acid groups (broad SMARTS) is 1. The molecule has 5 nitrogen and oxygen atoms in total. The van der Waals surface area contributed by atoms with Crippen molar-refractivity contribution in [2.75, 3.05) is 13.6 Å². The third kappa shape index (κ3) is 5.82. The van der Waals surface area contributed by atoms with Gasteiger partial charge < -0.3 is 14.7 Å². The van der Waals surface area contributed by atoms with Crippen LogP contribution in [0.4, 0.5) is 0 Å². The van der Waals surface area contributed by atoms with Crippen molar-refractivity contribution in [3.63, 3.8) is 0 Å². The van der Waals surface area contributed by atoms with Crippen molar-refractivity contribution in [3.05, 3.63) is 102 Å². The summed E-state index contributed by atoms with van der Waals surface area (Å²) in [5.41, 5.74) is 2.28. The topological polar surface area (TPSA) is 66.8 Å². The summed E-state index contributed by atoms with van der Waals surface area (Å²) in [4.78, 5) is 26.3. The molecule has 0 radical (unpaired) electrons. The summed E-state index contributed by atoms with van der Waals surface area (Å²) in [6.45, 7) is 4.37. The minimum atomic E-state index is -1.12. The van der Waals surface area contributed by atoms with E-state index in [1.165, 1.54) is 12.1 Å². The predicted molar refractivity (Wildman–Crippen MR) is 121 cm³/mol. The summed E-state index contributed by atoms with van der Waals surface area (Å²) in [5.74, 6) is -0.473. The minimum Gasteiger partial charge on any atom is -0.478 e. The SMILES string of the molecule is C=Cc1cc(CC(=O)N(C)CCc2ccccc2)cc(C(=O)O)c1Oc1ccccc1. The van der Waals surface area contributed by atoms with Crippen LogP contribution in [0.1, 0.15) is 27.0 Å². The van der Waals surface area contributed by atoms with E-state index < -0.39 is 5.97 Å². The van der Waals surface area contributed by atoms with Gasteiger partial charge in [0.1, 0.15) is 17.1 Å². The molecule has 0 aromatic heterocycles. The number of hydrogen-bond acceptors (Lipinski definition) is 3. The van der Waals surface area contributed by atoms with Gasteiger partial charge in [0.15, 0.2) is 0 Å². The van der Waals surface area contributed by atoms with Crippen LogP contribution in [0.3, 0.4) is 0 Å². The largest absolute Gasteiger partial charge is 0.478 e. The van der Waals surface area contributed by atoms with E-state index in [4.69, 9.17) is 4.74 Å². The lowest BCUT2D eigenvalue weighted by Gasteiger charge is -2.18. The highest BCUT2D eigenvalue weighted by Crippen LogP contribution is 2.32. The second kappa shape index (κ2) is 10.3. The number of rotatable bonds is 9. The van der Waals surface area contributed by atoms with Crippen LogP contribution in [0.15, 0.2) is 79.4 Å². The molecule has 3 aromatic rings. The number of carbonyl (C=O) groups is 2. The molecule has 0 aliphatic heterocycles. The minimum absolute atomic E-state index is 0.00371. The van der Waals surface area contributed by atoms with E-state index in [-0.39, 0.29) is 23.6 Å². The molecular weight excluding hydrogens is 390 g/mol. The number of aromatic carboxylic acids is 1. The highest BCUT2D eigenvalue weighted by atomic mass is 16.5. The highest BCUT2D eigenvalue weighted by molar-refractivity contribution is 5.93. The van der Waals surface area contributed by atoms with Crippen LogP contribution in [0.25, 0.3) is 6.08 Å². The maximum Gasteiger partial charge on any atom is 0.339 e. The number of carbonyl (C=O) groups excluding carboxylic acids is 1. The number of hydrogen-bond donors (Lipinski definition) is 1. The van der Waals surface area contributed by atoms with Crippen molar-refractivity contribution in [3.8, 4) is 11.5 Å². The maximum atomic E-state index is 12.7. The lowest BCUT2D eigenvalue weighted by Crippen LogP contribution is -2.30. The zero-order chi connectivity index (χ0) is 22.2. The van der Waals surface area contributed by atoms with Gasteiger partial charge in [-0.1, -0.05) is 61.2 Å². The summed E-state index contributed by atoms with van der Waals surface area (Å²) < 4.78 is 5.84. The van der Waals surface area contributed by atoms with Crippen molar-refractivity contribution in [2.24, 2.45) is 0 Å². The van der Waals surface area contributed by atoms with Crippen LogP contribution < -0.4 is 4.74 Å². The van der Waals surface area contributed by atoms with Gasteiger partial charge in [0.2, 0.25) is 5.91 Å². The quantitative estimate of drug-likeness (QED) is 0.530. The fourth-order valence-electron chi connectivity index (χ4n) is 3.22. The van der Waals surface area contributed by atoms with E-state index in [1.54, 1.807) is 30.1 Å². The Morgan fingerprint density at radius 3 is 2.26 bits per heavy atom. The Labute approximate surface area is 182 Å². The first-order chi connectivity index (χ1) is 15.0. The predicted octanol–water partition coefficient (Wildman–Crippen LogP) is 5.06. The van der Waals surface area contributed by atoms with Gasteiger partial charge in [0, 0.05) is 19.2 Å². The van der Waals surface area contributed by atoms with Crippen LogP contribution in [-0.4, -0.2) is 35.5 Å². The Bertz CT molecular complexity index is 1060. The van der Waals surface area contributed by atoms with Gasteiger partial charge in [-0.2, -0.15) is 0 Å². The third-order valence-electron chi connectivity index (χ3n) is 4.95. The molecule has 0 saturated heterocycles. The first-order valence-corrected chi connectivity index (χ1v) is 10.0. The standard InChI is InChI=1S/C26H25NO4/c1-3-21-16-20(18-24(28)27(2)15-14-19-10-6-4-7-11-19)17-23(26(29)30)25(21)31-22-12-8-5-9-13-22/h3-13,16-17H,1,14-15,18H2,2H3,(H,29,30). The van der Waals surface area contributed by atoms with Gasteiger partial charge in [0.25, 0.3) is 0 Å². The Balaban J connectivity index is 1.78.